The first-order valence-corrected chi connectivity index (χ1v) is 11.2. The molecular formula is C24H26ClN3O4. The van der Waals surface area contributed by atoms with Crippen molar-refractivity contribution >= 4 is 40.9 Å². The summed E-state index contributed by atoms with van der Waals surface area (Å²) < 4.78 is 0. The van der Waals surface area contributed by atoms with Gasteiger partial charge in [0.05, 0.1) is 4.92 Å². The predicted molar refractivity (Wildman–Crippen MR) is 126 cm³/mol. The summed E-state index contributed by atoms with van der Waals surface area (Å²) in [6.07, 6.45) is 8.53. The van der Waals surface area contributed by atoms with Gasteiger partial charge in [0, 0.05) is 23.9 Å². The maximum Gasteiger partial charge on any atom is 0.269 e. The van der Waals surface area contributed by atoms with Crippen LogP contribution in [0.3, 0.4) is 0 Å². The van der Waals surface area contributed by atoms with Gasteiger partial charge < -0.3 is 5.32 Å². The number of non-ortho nitro benzene ring substituents is 1. The number of hydrogen-bond donors (Lipinski definition) is 1. The Bertz CT molecular complexity index is 957. The number of alkyl halides is 1. The smallest absolute Gasteiger partial charge is 0.269 e. The number of amides is 2. The van der Waals surface area contributed by atoms with E-state index in [1.54, 1.807) is 12.2 Å². The molecular weight excluding hydrogens is 430 g/mol. The number of hydrogen-bond acceptors (Lipinski definition) is 4. The van der Waals surface area contributed by atoms with Crippen LogP contribution in [0.4, 0.5) is 11.4 Å². The third-order valence-corrected chi connectivity index (χ3v) is 5.72. The summed E-state index contributed by atoms with van der Waals surface area (Å²) >= 11 is 5.88. The number of nitrogens with zero attached hydrogens (tertiary/aromatic N) is 2. The normalized spacial score (nSPS) is 15.3. The van der Waals surface area contributed by atoms with Gasteiger partial charge in [0.15, 0.2) is 0 Å². The number of carbonyl (C=O) groups is 2. The zero-order chi connectivity index (χ0) is 22.9. The molecule has 2 aromatic carbocycles. The van der Waals surface area contributed by atoms with E-state index in [2.05, 4.69) is 5.32 Å². The summed E-state index contributed by atoms with van der Waals surface area (Å²) in [5, 5.41) is 14.1. The van der Waals surface area contributed by atoms with Crippen LogP contribution in [0.5, 0.6) is 0 Å². The topological polar surface area (TPSA) is 92.6 Å². The fourth-order valence-electron chi connectivity index (χ4n) is 3.85. The molecule has 1 N–H and O–H groups in total. The fraction of sp³-hybridized carbons (Fsp3) is 0.333. The molecule has 0 radical (unpaired) electrons. The third-order valence-electron chi connectivity index (χ3n) is 5.49. The van der Waals surface area contributed by atoms with Gasteiger partial charge in [0.1, 0.15) is 11.9 Å². The Morgan fingerprint density at radius 3 is 2.34 bits per heavy atom. The van der Waals surface area contributed by atoms with Gasteiger partial charge in [-0.1, -0.05) is 61.7 Å². The predicted octanol–water partition coefficient (Wildman–Crippen LogP) is 4.70. The number of rotatable bonds is 8. The van der Waals surface area contributed by atoms with Crippen LogP contribution in [0.2, 0.25) is 0 Å². The molecule has 32 heavy (non-hydrogen) atoms. The summed E-state index contributed by atoms with van der Waals surface area (Å²) in [5.41, 5.74) is 1.14. The average Bonchev–Trinajstić information content (AvgIpc) is 2.82. The molecule has 0 spiro atoms. The summed E-state index contributed by atoms with van der Waals surface area (Å²) in [5.74, 6) is -1.11. The van der Waals surface area contributed by atoms with Crippen molar-refractivity contribution < 1.29 is 14.5 Å². The van der Waals surface area contributed by atoms with Crippen LogP contribution in [0.1, 0.15) is 37.7 Å². The number of anilines is 1. The molecule has 1 unspecified atom stereocenters. The minimum atomic E-state index is -0.954. The molecule has 0 heterocycles. The number of carbonyl (C=O) groups excluding carboxylic acids is 2. The lowest BCUT2D eigenvalue weighted by atomic mass is 9.95. The summed E-state index contributed by atoms with van der Waals surface area (Å²) in [6, 6.07) is 14.1. The Kier molecular flexibility index (Phi) is 8.39. The molecule has 0 aromatic heterocycles. The molecule has 8 heteroatoms. The highest BCUT2D eigenvalue weighted by Gasteiger charge is 2.30. The molecule has 2 aromatic rings. The lowest BCUT2D eigenvalue weighted by Crippen LogP contribution is -2.52. The largest absolute Gasteiger partial charge is 0.351 e. The van der Waals surface area contributed by atoms with Crippen LogP contribution >= 0.6 is 11.6 Å². The van der Waals surface area contributed by atoms with E-state index in [0.717, 1.165) is 37.7 Å². The second-order valence-corrected chi connectivity index (χ2v) is 8.00. The summed E-state index contributed by atoms with van der Waals surface area (Å²) in [7, 11) is 0. The summed E-state index contributed by atoms with van der Waals surface area (Å²) in [4.78, 5) is 38.0. The van der Waals surface area contributed by atoms with Crippen molar-refractivity contribution in [1.82, 2.24) is 5.32 Å². The first-order chi connectivity index (χ1) is 15.5. The maximum atomic E-state index is 13.3. The van der Waals surface area contributed by atoms with Crippen molar-refractivity contribution in [2.75, 3.05) is 10.8 Å². The van der Waals surface area contributed by atoms with Crippen LogP contribution in [-0.2, 0) is 9.59 Å². The molecule has 1 aliphatic rings. The quantitative estimate of drug-likeness (QED) is 0.355. The zero-order valence-electron chi connectivity index (χ0n) is 17.7. The Balaban J connectivity index is 1.95. The molecule has 2 amide bonds. The van der Waals surface area contributed by atoms with Gasteiger partial charge in [0.25, 0.3) is 5.69 Å². The van der Waals surface area contributed by atoms with E-state index >= 15 is 0 Å². The van der Waals surface area contributed by atoms with E-state index in [-0.39, 0.29) is 23.5 Å². The Morgan fingerprint density at radius 2 is 1.75 bits per heavy atom. The minimum Gasteiger partial charge on any atom is -0.351 e. The standard InChI is InChI=1S/C24H26ClN3O4/c25-17-23(29)27(20-12-14-21(15-13-20)28(31)32)22(16-11-18-7-3-1-4-8-18)24(30)26-19-9-5-2-6-10-19/h1,3-4,7-8,11-16,19,22H,2,5-6,9-10,17H2,(H,26,30)/b16-11+. The number of halogens is 1. The van der Waals surface area contributed by atoms with Crippen LogP contribution in [0.15, 0.2) is 60.7 Å². The van der Waals surface area contributed by atoms with Crippen molar-refractivity contribution in [2.24, 2.45) is 0 Å². The first-order valence-electron chi connectivity index (χ1n) is 10.7. The lowest BCUT2D eigenvalue weighted by molar-refractivity contribution is -0.384. The highest BCUT2D eigenvalue weighted by atomic mass is 35.5. The number of nitro benzene ring substituents is 1. The van der Waals surface area contributed by atoms with E-state index in [9.17, 15) is 19.7 Å². The van der Waals surface area contributed by atoms with Gasteiger partial charge in [-0.2, -0.15) is 0 Å². The molecule has 0 saturated heterocycles. The fourth-order valence-corrected chi connectivity index (χ4v) is 3.98. The Hall–Kier alpha value is -3.19. The Morgan fingerprint density at radius 1 is 1.09 bits per heavy atom. The molecule has 168 valence electrons. The molecule has 3 rings (SSSR count). The second kappa shape index (κ2) is 11.4. The van der Waals surface area contributed by atoms with Gasteiger partial charge in [-0.25, -0.2) is 0 Å². The van der Waals surface area contributed by atoms with Crippen LogP contribution in [0.25, 0.3) is 6.08 Å². The molecule has 0 aliphatic heterocycles. The average molecular weight is 456 g/mol. The van der Waals surface area contributed by atoms with Crippen LogP contribution in [0, 0.1) is 10.1 Å². The lowest BCUT2D eigenvalue weighted by Gasteiger charge is -2.31. The van der Waals surface area contributed by atoms with Crippen LogP contribution in [-0.4, -0.2) is 34.7 Å². The van der Waals surface area contributed by atoms with Gasteiger partial charge >= 0.3 is 0 Å². The molecule has 7 nitrogen and oxygen atoms in total. The maximum absolute atomic E-state index is 13.3. The van der Waals surface area contributed by atoms with Crippen molar-refractivity contribution in [2.45, 2.75) is 44.2 Å². The van der Waals surface area contributed by atoms with E-state index in [0.29, 0.717) is 5.69 Å². The SMILES string of the molecule is O=C(NC1CCCCC1)C(/C=C/c1ccccc1)N(C(=O)CCl)c1ccc([N+](=O)[O-])cc1. The van der Waals surface area contributed by atoms with Crippen molar-refractivity contribution in [1.29, 1.82) is 0 Å². The van der Waals surface area contributed by atoms with Crippen molar-refractivity contribution in [3.63, 3.8) is 0 Å². The van der Waals surface area contributed by atoms with Gasteiger partial charge in [-0.3, -0.25) is 24.6 Å². The minimum absolute atomic E-state index is 0.0636. The van der Waals surface area contributed by atoms with Crippen molar-refractivity contribution in [3.05, 3.63) is 76.4 Å². The van der Waals surface area contributed by atoms with E-state index in [1.807, 2.05) is 30.3 Å². The van der Waals surface area contributed by atoms with Gasteiger partial charge in [-0.05, 0) is 30.5 Å². The molecule has 1 saturated carbocycles. The van der Waals surface area contributed by atoms with E-state index in [1.165, 1.54) is 29.2 Å². The van der Waals surface area contributed by atoms with E-state index in [4.69, 9.17) is 11.6 Å². The molecule has 0 bridgehead atoms. The number of nitrogens with one attached hydrogen (secondary N) is 1. The number of nitro groups is 1. The summed E-state index contributed by atoms with van der Waals surface area (Å²) in [6.45, 7) is 0. The van der Waals surface area contributed by atoms with Gasteiger partial charge in [-0.15, -0.1) is 11.6 Å². The zero-order valence-corrected chi connectivity index (χ0v) is 18.4. The highest BCUT2D eigenvalue weighted by molar-refractivity contribution is 6.30. The molecule has 1 atom stereocenters. The molecule has 1 fully saturated rings. The first kappa shape index (κ1) is 23.5. The molecule has 1 aliphatic carbocycles. The second-order valence-electron chi connectivity index (χ2n) is 7.73. The van der Waals surface area contributed by atoms with E-state index < -0.39 is 16.9 Å². The van der Waals surface area contributed by atoms with Crippen molar-refractivity contribution in [3.8, 4) is 0 Å². The van der Waals surface area contributed by atoms with Gasteiger partial charge in [0.2, 0.25) is 11.8 Å². The van der Waals surface area contributed by atoms with Crippen LogP contribution < -0.4 is 10.2 Å². The third kappa shape index (κ3) is 6.17. The highest BCUT2D eigenvalue weighted by Crippen LogP contribution is 2.24. The monoisotopic (exact) mass is 455 g/mol. The Labute approximate surface area is 192 Å². The number of benzene rings is 2.